The molecule has 1 saturated carbocycles. The molecule has 1 amide bonds. The Morgan fingerprint density at radius 2 is 1.83 bits per heavy atom. The minimum Gasteiger partial charge on any atom is -0.371 e. The van der Waals surface area contributed by atoms with Crippen molar-refractivity contribution in [3.63, 3.8) is 0 Å². The number of aromatic amines is 1. The molecule has 1 fully saturated rings. The number of fused-ring (bicyclic) bond motifs is 1. The van der Waals surface area contributed by atoms with Crippen LogP contribution in [-0.2, 0) is 16.6 Å². The fraction of sp³-hybridized carbons (Fsp3) is 0.355. The number of amides is 1. The summed E-state index contributed by atoms with van der Waals surface area (Å²) in [5.41, 5.74) is 4.47. The van der Waals surface area contributed by atoms with Crippen LogP contribution in [0.25, 0.3) is 10.9 Å². The fourth-order valence-corrected chi connectivity index (χ4v) is 5.75. The molecule has 0 radical (unpaired) electrons. The molecule has 0 bridgehead atoms. The first-order valence-corrected chi connectivity index (χ1v) is 13.1. The quantitative estimate of drug-likeness (QED) is 0.277. The summed E-state index contributed by atoms with van der Waals surface area (Å²) in [6.07, 6.45) is 10.1. The maximum Gasteiger partial charge on any atom is 0.245 e. The van der Waals surface area contributed by atoms with E-state index in [1.807, 2.05) is 49.6 Å². The highest BCUT2D eigenvalue weighted by Crippen LogP contribution is 2.38. The Bertz CT molecular complexity index is 1320. The lowest BCUT2D eigenvalue weighted by molar-refractivity contribution is -0.125. The van der Waals surface area contributed by atoms with Crippen LogP contribution in [-0.4, -0.2) is 28.0 Å². The lowest BCUT2D eigenvalue weighted by Gasteiger charge is -2.38. The average molecular weight is 481 g/mol. The molecule has 5 heteroatoms. The number of aromatic nitrogens is 2. The van der Waals surface area contributed by atoms with E-state index in [1.54, 1.807) is 0 Å². The van der Waals surface area contributed by atoms with E-state index in [2.05, 4.69) is 58.9 Å². The second-order valence-corrected chi connectivity index (χ2v) is 10.6. The number of anilines is 1. The first-order chi connectivity index (χ1) is 17.5. The highest BCUT2D eigenvalue weighted by molar-refractivity contribution is 5.91. The summed E-state index contributed by atoms with van der Waals surface area (Å²) >= 11 is 0. The van der Waals surface area contributed by atoms with E-state index < -0.39 is 5.54 Å². The number of nitrogens with zero attached hydrogens (tertiary/aromatic N) is 1. The van der Waals surface area contributed by atoms with Gasteiger partial charge in [-0.25, -0.2) is 0 Å². The van der Waals surface area contributed by atoms with E-state index in [9.17, 15) is 4.79 Å². The Kier molecular flexibility index (Phi) is 6.82. The lowest BCUT2D eigenvalue weighted by Crippen LogP contribution is -2.55. The van der Waals surface area contributed by atoms with Crippen molar-refractivity contribution in [2.24, 2.45) is 0 Å². The van der Waals surface area contributed by atoms with Crippen molar-refractivity contribution < 1.29 is 4.79 Å². The normalized spacial score (nSPS) is 16.8. The van der Waals surface area contributed by atoms with Crippen molar-refractivity contribution in [2.75, 3.05) is 11.9 Å². The van der Waals surface area contributed by atoms with Crippen LogP contribution in [0.4, 0.5) is 5.69 Å². The van der Waals surface area contributed by atoms with Gasteiger partial charge in [0.2, 0.25) is 5.91 Å². The van der Waals surface area contributed by atoms with E-state index in [0.717, 1.165) is 46.3 Å². The van der Waals surface area contributed by atoms with Crippen LogP contribution >= 0.6 is 0 Å². The van der Waals surface area contributed by atoms with Gasteiger partial charge in [0.1, 0.15) is 5.54 Å². The van der Waals surface area contributed by atoms with Gasteiger partial charge in [0.15, 0.2) is 0 Å². The van der Waals surface area contributed by atoms with E-state index in [0.29, 0.717) is 13.0 Å². The topological polar surface area (TPSA) is 69.8 Å². The Morgan fingerprint density at radius 3 is 2.61 bits per heavy atom. The lowest BCUT2D eigenvalue weighted by atomic mass is 9.71. The molecule has 36 heavy (non-hydrogen) atoms. The summed E-state index contributed by atoms with van der Waals surface area (Å²) in [6.45, 7) is 4.69. The molecular formula is C31H36N4O. The zero-order valence-corrected chi connectivity index (χ0v) is 21.3. The third kappa shape index (κ3) is 5.01. The monoisotopic (exact) mass is 480 g/mol. The van der Waals surface area contributed by atoms with Crippen LogP contribution in [0, 0.1) is 6.92 Å². The largest absolute Gasteiger partial charge is 0.371 e. The van der Waals surface area contributed by atoms with Gasteiger partial charge in [-0.05, 0) is 68.1 Å². The Balaban J connectivity index is 1.43. The Hall–Kier alpha value is -3.60. The maximum atomic E-state index is 14.0. The molecule has 1 atom stereocenters. The molecule has 186 valence electrons. The van der Waals surface area contributed by atoms with Gasteiger partial charge >= 0.3 is 0 Å². The van der Waals surface area contributed by atoms with Crippen LogP contribution < -0.4 is 10.6 Å². The number of hydrogen-bond donors (Lipinski definition) is 3. The van der Waals surface area contributed by atoms with Gasteiger partial charge in [-0.1, -0.05) is 55.7 Å². The Morgan fingerprint density at radius 1 is 1.03 bits per heavy atom. The van der Waals surface area contributed by atoms with Crippen molar-refractivity contribution in [3.8, 4) is 0 Å². The van der Waals surface area contributed by atoms with Crippen molar-refractivity contribution in [2.45, 2.75) is 63.3 Å². The number of carbonyl (C=O) groups excluding carboxylic acids is 1. The molecule has 2 heterocycles. The average Bonchev–Trinajstić information content (AvgIpc) is 3.30. The van der Waals surface area contributed by atoms with E-state index in [-0.39, 0.29) is 11.3 Å². The van der Waals surface area contributed by atoms with Crippen molar-refractivity contribution in [1.82, 2.24) is 15.3 Å². The molecule has 3 N–H and O–H groups in total. The first kappa shape index (κ1) is 24.1. The standard InChI is InChI=1S/C31H36N4O/c1-23-11-10-12-25(19-23)35-30(2,20-24-21-33-27-14-5-4-13-26(24)27)29(36)34-22-31(16-7-3-8-17-31)28-15-6-9-18-32-28/h4-6,9-15,18-19,21,33,35H,3,7-8,16-17,20,22H2,1-2H3,(H,34,36). The zero-order valence-electron chi connectivity index (χ0n) is 21.3. The van der Waals surface area contributed by atoms with Crippen LogP contribution in [0.15, 0.2) is 79.1 Å². The van der Waals surface area contributed by atoms with Crippen LogP contribution in [0.2, 0.25) is 0 Å². The zero-order chi connectivity index (χ0) is 25.0. The van der Waals surface area contributed by atoms with Gasteiger partial charge in [-0.15, -0.1) is 0 Å². The van der Waals surface area contributed by atoms with E-state index in [4.69, 9.17) is 4.98 Å². The Labute approximate surface area is 213 Å². The molecule has 0 spiro atoms. The van der Waals surface area contributed by atoms with Crippen molar-refractivity contribution in [3.05, 3.63) is 95.9 Å². The predicted molar refractivity (Wildman–Crippen MR) is 147 cm³/mol. The molecule has 1 unspecified atom stereocenters. The number of benzene rings is 2. The maximum absolute atomic E-state index is 14.0. The number of carbonyl (C=O) groups is 1. The summed E-state index contributed by atoms with van der Waals surface area (Å²) in [6, 6.07) is 22.6. The van der Waals surface area contributed by atoms with Crippen molar-refractivity contribution >= 4 is 22.5 Å². The molecule has 2 aromatic heterocycles. The molecule has 0 saturated heterocycles. The van der Waals surface area contributed by atoms with Crippen LogP contribution in [0.1, 0.15) is 55.8 Å². The number of para-hydroxylation sites is 1. The molecule has 1 aliphatic rings. The minimum absolute atomic E-state index is 0.00941. The summed E-state index contributed by atoms with van der Waals surface area (Å²) in [7, 11) is 0. The highest BCUT2D eigenvalue weighted by Gasteiger charge is 2.39. The fourth-order valence-electron chi connectivity index (χ4n) is 5.75. The molecular weight excluding hydrogens is 444 g/mol. The number of hydrogen-bond acceptors (Lipinski definition) is 3. The number of aryl methyl sites for hydroxylation is 1. The minimum atomic E-state index is -0.835. The molecule has 2 aromatic carbocycles. The van der Waals surface area contributed by atoms with E-state index in [1.165, 1.54) is 19.3 Å². The van der Waals surface area contributed by atoms with Gasteiger partial charge < -0.3 is 15.6 Å². The molecule has 1 aliphatic carbocycles. The van der Waals surface area contributed by atoms with E-state index >= 15 is 0 Å². The SMILES string of the molecule is Cc1cccc(NC(C)(Cc2c[nH]c3ccccc23)C(=O)NCC2(c3ccccn3)CCCCC2)c1. The molecule has 0 aliphatic heterocycles. The van der Waals surface area contributed by atoms with Gasteiger partial charge in [0.05, 0.1) is 0 Å². The summed E-state index contributed by atoms with van der Waals surface area (Å²) < 4.78 is 0. The van der Waals surface area contributed by atoms with Crippen LogP contribution in [0.3, 0.4) is 0 Å². The second kappa shape index (κ2) is 10.2. The number of pyridine rings is 1. The van der Waals surface area contributed by atoms with Gasteiger partial charge in [0, 0.05) is 53.1 Å². The third-order valence-corrected chi connectivity index (χ3v) is 7.76. The number of H-pyrrole nitrogens is 1. The summed E-state index contributed by atoms with van der Waals surface area (Å²) in [5, 5.41) is 8.13. The number of nitrogens with one attached hydrogen (secondary N) is 3. The predicted octanol–water partition coefficient (Wildman–Crippen LogP) is 6.30. The molecule has 5 nitrogen and oxygen atoms in total. The molecule has 5 rings (SSSR count). The summed E-state index contributed by atoms with van der Waals surface area (Å²) in [5.74, 6) is 0.00941. The van der Waals surface area contributed by atoms with Gasteiger partial charge in [-0.2, -0.15) is 0 Å². The third-order valence-electron chi connectivity index (χ3n) is 7.76. The smallest absolute Gasteiger partial charge is 0.245 e. The summed E-state index contributed by atoms with van der Waals surface area (Å²) in [4.78, 5) is 22.1. The highest BCUT2D eigenvalue weighted by atomic mass is 16.2. The first-order valence-electron chi connectivity index (χ1n) is 13.1. The van der Waals surface area contributed by atoms with Crippen molar-refractivity contribution in [1.29, 1.82) is 0 Å². The molecule has 4 aromatic rings. The van der Waals surface area contributed by atoms with Gasteiger partial charge in [-0.3, -0.25) is 9.78 Å². The van der Waals surface area contributed by atoms with Crippen LogP contribution in [0.5, 0.6) is 0 Å². The second-order valence-electron chi connectivity index (χ2n) is 10.6. The van der Waals surface area contributed by atoms with Gasteiger partial charge in [0.25, 0.3) is 0 Å². The number of rotatable bonds is 8.